The second-order valence-electron chi connectivity index (χ2n) is 6.17. The molecule has 0 bridgehead atoms. The van der Waals surface area contributed by atoms with Crippen LogP contribution in [0.1, 0.15) is 24.8 Å². The summed E-state index contributed by atoms with van der Waals surface area (Å²) in [7, 11) is 1.84. The van der Waals surface area contributed by atoms with Crippen LogP contribution in [-0.2, 0) is 11.2 Å². The Balaban J connectivity index is 1.56. The van der Waals surface area contributed by atoms with Crippen LogP contribution < -0.4 is 10.1 Å². The van der Waals surface area contributed by atoms with Crippen LogP contribution in [0.15, 0.2) is 18.2 Å². The average Bonchev–Trinajstić information content (AvgIpc) is 2.55. The van der Waals surface area contributed by atoms with E-state index in [1.54, 1.807) is 4.90 Å². The first-order valence-electron chi connectivity index (χ1n) is 8.08. The molecule has 1 aromatic rings. The van der Waals surface area contributed by atoms with Crippen molar-refractivity contribution in [2.24, 2.45) is 5.92 Å². The Morgan fingerprint density at radius 2 is 2.27 bits per heavy atom. The van der Waals surface area contributed by atoms with E-state index < -0.39 is 0 Å². The third-order valence-electron chi connectivity index (χ3n) is 4.29. The molecular weight excluding hydrogens is 280 g/mol. The summed E-state index contributed by atoms with van der Waals surface area (Å²) in [6.07, 6.45) is 4.26. The Morgan fingerprint density at radius 1 is 1.36 bits per heavy atom. The number of nitrogens with one attached hydrogen (secondary N) is 1. The highest BCUT2D eigenvalue weighted by Crippen LogP contribution is 2.27. The Labute approximate surface area is 131 Å². The van der Waals surface area contributed by atoms with Gasteiger partial charge in [0.15, 0.2) is 0 Å². The zero-order valence-electron chi connectivity index (χ0n) is 13.1. The molecule has 1 N–H and O–H groups in total. The second-order valence-corrected chi connectivity index (χ2v) is 6.17. The fourth-order valence-electron chi connectivity index (χ4n) is 3.08. The van der Waals surface area contributed by atoms with E-state index in [-0.39, 0.29) is 6.03 Å². The molecule has 1 atom stereocenters. The minimum atomic E-state index is -0.0674. The summed E-state index contributed by atoms with van der Waals surface area (Å²) in [5.41, 5.74) is 2.01. The summed E-state index contributed by atoms with van der Waals surface area (Å²) in [5, 5.41) is 2.97. The van der Waals surface area contributed by atoms with Crippen LogP contribution in [0.2, 0.25) is 0 Å². The van der Waals surface area contributed by atoms with Gasteiger partial charge in [-0.15, -0.1) is 0 Å². The van der Waals surface area contributed by atoms with Gasteiger partial charge in [-0.1, -0.05) is 0 Å². The lowest BCUT2D eigenvalue weighted by Gasteiger charge is -2.27. The number of benzene rings is 1. The molecule has 1 saturated heterocycles. The van der Waals surface area contributed by atoms with Gasteiger partial charge >= 0.3 is 6.03 Å². The lowest BCUT2D eigenvalue weighted by molar-refractivity contribution is 0.0464. The zero-order chi connectivity index (χ0) is 15.4. The largest absolute Gasteiger partial charge is 0.493 e. The number of carbonyl (C=O) groups excluding carboxylic acids is 1. The summed E-state index contributed by atoms with van der Waals surface area (Å²) in [5.74, 6) is 1.39. The van der Waals surface area contributed by atoms with Crippen molar-refractivity contribution in [2.45, 2.75) is 25.7 Å². The maximum atomic E-state index is 12.3. The summed E-state index contributed by atoms with van der Waals surface area (Å²) in [6.45, 7) is 3.13. The number of hydrogen-bond donors (Lipinski definition) is 1. The smallest absolute Gasteiger partial charge is 0.321 e. The van der Waals surface area contributed by atoms with Crippen molar-refractivity contribution in [3.8, 4) is 5.75 Å². The molecule has 0 unspecified atom stereocenters. The summed E-state index contributed by atoms with van der Waals surface area (Å²) >= 11 is 0. The minimum absolute atomic E-state index is 0.0674. The number of anilines is 1. The van der Waals surface area contributed by atoms with E-state index in [9.17, 15) is 4.79 Å². The second kappa shape index (κ2) is 7.01. The van der Waals surface area contributed by atoms with Crippen LogP contribution in [0.25, 0.3) is 0 Å². The lowest BCUT2D eigenvalue weighted by Crippen LogP contribution is -2.37. The Kier molecular flexibility index (Phi) is 4.83. The number of rotatable bonds is 3. The maximum absolute atomic E-state index is 12.3. The predicted octanol–water partition coefficient (Wildman–Crippen LogP) is 2.90. The van der Waals surface area contributed by atoms with E-state index in [1.165, 1.54) is 5.56 Å². The van der Waals surface area contributed by atoms with Crippen LogP contribution >= 0.6 is 0 Å². The average molecular weight is 304 g/mol. The van der Waals surface area contributed by atoms with Crippen molar-refractivity contribution in [1.82, 2.24) is 4.90 Å². The van der Waals surface area contributed by atoms with Crippen LogP contribution in [0.5, 0.6) is 5.75 Å². The molecule has 2 aliphatic rings. The Bertz CT molecular complexity index is 527. The molecule has 5 nitrogen and oxygen atoms in total. The predicted molar refractivity (Wildman–Crippen MR) is 85.4 cm³/mol. The van der Waals surface area contributed by atoms with Crippen molar-refractivity contribution in [3.63, 3.8) is 0 Å². The number of ether oxygens (including phenoxy) is 2. The third kappa shape index (κ3) is 3.71. The van der Waals surface area contributed by atoms with Gasteiger partial charge < -0.3 is 19.7 Å². The fourth-order valence-corrected chi connectivity index (χ4v) is 3.08. The molecule has 0 aliphatic carbocycles. The molecular formula is C17H24N2O3. The molecule has 1 fully saturated rings. The number of carbonyl (C=O) groups is 1. The molecule has 2 heterocycles. The molecule has 3 rings (SSSR count). The highest BCUT2D eigenvalue weighted by Gasteiger charge is 2.19. The van der Waals surface area contributed by atoms with Crippen molar-refractivity contribution in [3.05, 3.63) is 23.8 Å². The van der Waals surface area contributed by atoms with Gasteiger partial charge in [-0.2, -0.15) is 0 Å². The minimum Gasteiger partial charge on any atom is -0.493 e. The standard InChI is InChI=1S/C17H24N2O3/c1-19(11-13-4-2-8-21-12-13)17(20)18-15-6-7-16-14(10-15)5-3-9-22-16/h6-7,10,13H,2-5,8-9,11-12H2,1H3,(H,18,20)/t13-/m0/s1. The van der Waals surface area contributed by atoms with Gasteiger partial charge in [-0.3, -0.25) is 0 Å². The topological polar surface area (TPSA) is 50.8 Å². The Hall–Kier alpha value is -1.75. The summed E-state index contributed by atoms with van der Waals surface area (Å²) < 4.78 is 11.1. The molecule has 0 saturated carbocycles. The molecule has 0 spiro atoms. The van der Waals surface area contributed by atoms with Crippen molar-refractivity contribution in [1.29, 1.82) is 0 Å². The number of urea groups is 1. The molecule has 0 radical (unpaired) electrons. The summed E-state index contributed by atoms with van der Waals surface area (Å²) in [4.78, 5) is 14.0. The Morgan fingerprint density at radius 3 is 3.09 bits per heavy atom. The van der Waals surface area contributed by atoms with Crippen LogP contribution in [0.4, 0.5) is 10.5 Å². The first kappa shape index (κ1) is 15.2. The molecule has 0 aromatic heterocycles. The normalized spacial score (nSPS) is 20.7. The van der Waals surface area contributed by atoms with Gasteiger partial charge in [0.05, 0.1) is 13.2 Å². The zero-order valence-corrected chi connectivity index (χ0v) is 13.1. The number of fused-ring (bicyclic) bond motifs is 1. The van der Waals surface area contributed by atoms with Gasteiger partial charge in [0.1, 0.15) is 5.75 Å². The van der Waals surface area contributed by atoms with Crippen LogP contribution in [0, 0.1) is 5.92 Å². The van der Waals surface area contributed by atoms with E-state index in [0.29, 0.717) is 5.92 Å². The SMILES string of the molecule is CN(C[C@@H]1CCCOC1)C(=O)Nc1ccc2c(c1)CCCO2. The fraction of sp³-hybridized carbons (Fsp3) is 0.588. The number of aryl methyl sites for hydroxylation is 1. The number of hydrogen-bond acceptors (Lipinski definition) is 3. The van der Waals surface area contributed by atoms with Gasteiger partial charge in [-0.05, 0) is 49.4 Å². The lowest BCUT2D eigenvalue weighted by atomic mass is 10.0. The molecule has 2 amide bonds. The number of amides is 2. The van der Waals surface area contributed by atoms with E-state index in [1.807, 2.05) is 25.2 Å². The number of nitrogens with zero attached hydrogens (tertiary/aromatic N) is 1. The van der Waals surface area contributed by atoms with Gasteiger partial charge in [0.2, 0.25) is 0 Å². The van der Waals surface area contributed by atoms with Gasteiger partial charge in [0, 0.05) is 31.8 Å². The monoisotopic (exact) mass is 304 g/mol. The maximum Gasteiger partial charge on any atom is 0.321 e. The third-order valence-corrected chi connectivity index (χ3v) is 4.29. The summed E-state index contributed by atoms with van der Waals surface area (Å²) in [6, 6.07) is 5.80. The van der Waals surface area contributed by atoms with E-state index in [2.05, 4.69) is 5.32 Å². The van der Waals surface area contributed by atoms with E-state index in [4.69, 9.17) is 9.47 Å². The first-order valence-corrected chi connectivity index (χ1v) is 8.08. The van der Waals surface area contributed by atoms with E-state index >= 15 is 0 Å². The van der Waals surface area contributed by atoms with Crippen LogP contribution in [-0.4, -0.2) is 44.3 Å². The molecule has 2 aliphatic heterocycles. The molecule has 120 valence electrons. The van der Waals surface area contributed by atoms with E-state index in [0.717, 1.165) is 63.5 Å². The molecule has 5 heteroatoms. The highest BCUT2D eigenvalue weighted by molar-refractivity contribution is 5.89. The van der Waals surface area contributed by atoms with Crippen LogP contribution in [0.3, 0.4) is 0 Å². The van der Waals surface area contributed by atoms with Crippen molar-refractivity contribution < 1.29 is 14.3 Å². The highest BCUT2D eigenvalue weighted by atomic mass is 16.5. The molecule has 1 aromatic carbocycles. The molecule has 22 heavy (non-hydrogen) atoms. The van der Waals surface area contributed by atoms with Crippen molar-refractivity contribution in [2.75, 3.05) is 38.7 Å². The van der Waals surface area contributed by atoms with Crippen molar-refractivity contribution >= 4 is 11.7 Å². The van der Waals surface area contributed by atoms with Gasteiger partial charge in [-0.25, -0.2) is 4.79 Å². The first-order chi connectivity index (χ1) is 10.7. The quantitative estimate of drug-likeness (QED) is 0.934. The van der Waals surface area contributed by atoms with Gasteiger partial charge in [0.25, 0.3) is 0 Å².